The van der Waals surface area contributed by atoms with Crippen molar-refractivity contribution in [3.63, 3.8) is 0 Å². The Bertz CT molecular complexity index is 250. The van der Waals surface area contributed by atoms with Gasteiger partial charge in [0.2, 0.25) is 5.91 Å². The van der Waals surface area contributed by atoms with Gasteiger partial charge in [-0.2, -0.15) is 11.8 Å². The van der Waals surface area contributed by atoms with Crippen molar-refractivity contribution in [1.29, 1.82) is 0 Å². The Hall–Kier alpha value is -0.710. The van der Waals surface area contributed by atoms with Crippen molar-refractivity contribution in [2.45, 2.75) is 26.2 Å². The van der Waals surface area contributed by atoms with Gasteiger partial charge in [-0.1, -0.05) is 6.92 Å². The molecule has 1 heterocycles. The highest BCUT2D eigenvalue weighted by Gasteiger charge is 2.26. The van der Waals surface area contributed by atoms with Crippen LogP contribution in [-0.2, 0) is 9.59 Å². The fraction of sp³-hybridized carbons (Fsp3) is 0.818. The third-order valence-electron chi connectivity index (χ3n) is 2.77. The summed E-state index contributed by atoms with van der Waals surface area (Å²) in [5, 5.41) is 8.83. The minimum atomic E-state index is -0.729. The number of carboxylic acid groups (broad SMARTS) is 1. The average Bonchev–Trinajstić information content (AvgIpc) is 2.29. The molecule has 1 rings (SSSR count). The fourth-order valence-electron chi connectivity index (χ4n) is 1.77. The number of carbonyl (C=O) groups is 2. The van der Waals surface area contributed by atoms with Crippen molar-refractivity contribution in [3.05, 3.63) is 0 Å². The highest BCUT2D eigenvalue weighted by molar-refractivity contribution is 7.99. The van der Waals surface area contributed by atoms with Crippen LogP contribution in [0.15, 0.2) is 0 Å². The lowest BCUT2D eigenvalue weighted by Gasteiger charge is -2.30. The number of rotatable bonds is 5. The predicted molar refractivity (Wildman–Crippen MR) is 64.6 cm³/mol. The van der Waals surface area contributed by atoms with Crippen molar-refractivity contribution in [1.82, 2.24) is 4.90 Å². The van der Waals surface area contributed by atoms with Gasteiger partial charge in [0.15, 0.2) is 0 Å². The number of piperidine rings is 1. The van der Waals surface area contributed by atoms with Gasteiger partial charge < -0.3 is 10.0 Å². The van der Waals surface area contributed by atoms with Gasteiger partial charge in [-0.05, 0) is 25.0 Å². The lowest BCUT2D eigenvalue weighted by Crippen LogP contribution is -2.41. The highest BCUT2D eigenvalue weighted by Crippen LogP contribution is 2.18. The molecule has 1 saturated heterocycles. The molecule has 1 N–H and O–H groups in total. The first-order valence-corrected chi connectivity index (χ1v) is 6.89. The molecule has 92 valence electrons. The first kappa shape index (κ1) is 13.4. The van der Waals surface area contributed by atoms with Gasteiger partial charge in [-0.25, -0.2) is 0 Å². The van der Waals surface area contributed by atoms with E-state index in [0.717, 1.165) is 12.2 Å². The van der Waals surface area contributed by atoms with Crippen molar-refractivity contribution in [3.8, 4) is 0 Å². The topological polar surface area (TPSA) is 57.6 Å². The molecule has 0 atom stereocenters. The third kappa shape index (κ3) is 4.04. The molecular weight excluding hydrogens is 226 g/mol. The molecule has 1 aliphatic rings. The van der Waals surface area contributed by atoms with Gasteiger partial charge in [0, 0.05) is 13.1 Å². The smallest absolute Gasteiger partial charge is 0.306 e. The molecule has 1 fully saturated rings. The number of thioether (sulfide) groups is 1. The number of carbonyl (C=O) groups excluding carboxylic acids is 1. The first-order chi connectivity index (χ1) is 7.65. The molecule has 0 aliphatic carbocycles. The summed E-state index contributed by atoms with van der Waals surface area (Å²) in [5.41, 5.74) is 0. The van der Waals surface area contributed by atoms with Crippen LogP contribution in [0.1, 0.15) is 26.2 Å². The van der Waals surface area contributed by atoms with Gasteiger partial charge in [0.05, 0.1) is 11.7 Å². The van der Waals surface area contributed by atoms with E-state index in [0.29, 0.717) is 31.7 Å². The molecule has 4 nitrogen and oxygen atoms in total. The molecule has 0 spiro atoms. The summed E-state index contributed by atoms with van der Waals surface area (Å²) in [6, 6.07) is 0. The maximum absolute atomic E-state index is 11.7. The largest absolute Gasteiger partial charge is 0.481 e. The summed E-state index contributed by atoms with van der Waals surface area (Å²) < 4.78 is 0. The quantitative estimate of drug-likeness (QED) is 0.745. The Labute approximate surface area is 100 Å². The van der Waals surface area contributed by atoms with Crippen LogP contribution in [0.5, 0.6) is 0 Å². The lowest BCUT2D eigenvalue weighted by molar-refractivity contribution is -0.145. The molecular formula is C11H19NO3S. The Morgan fingerprint density at radius 1 is 1.38 bits per heavy atom. The molecule has 16 heavy (non-hydrogen) atoms. The number of aliphatic carboxylic acids is 1. The van der Waals surface area contributed by atoms with Crippen LogP contribution in [0.2, 0.25) is 0 Å². The summed E-state index contributed by atoms with van der Waals surface area (Å²) in [6.07, 6.45) is 2.28. The van der Waals surface area contributed by atoms with Crippen molar-refractivity contribution >= 4 is 23.6 Å². The van der Waals surface area contributed by atoms with Crippen LogP contribution in [0.4, 0.5) is 0 Å². The number of likely N-dealkylation sites (tertiary alicyclic amines) is 1. The van der Waals surface area contributed by atoms with Gasteiger partial charge in [-0.3, -0.25) is 9.59 Å². The van der Waals surface area contributed by atoms with Crippen LogP contribution in [0.25, 0.3) is 0 Å². The highest BCUT2D eigenvalue weighted by atomic mass is 32.2. The van der Waals surface area contributed by atoms with E-state index in [1.54, 1.807) is 16.7 Å². The van der Waals surface area contributed by atoms with E-state index >= 15 is 0 Å². The summed E-state index contributed by atoms with van der Waals surface area (Å²) in [4.78, 5) is 24.2. The summed E-state index contributed by atoms with van der Waals surface area (Å²) in [6.45, 7) is 3.29. The van der Waals surface area contributed by atoms with Crippen molar-refractivity contribution in [2.24, 2.45) is 5.92 Å². The average molecular weight is 245 g/mol. The molecule has 5 heteroatoms. The number of hydrogen-bond acceptors (Lipinski definition) is 3. The maximum Gasteiger partial charge on any atom is 0.306 e. The number of amides is 1. The molecule has 0 bridgehead atoms. The van der Waals surface area contributed by atoms with Crippen LogP contribution in [0.3, 0.4) is 0 Å². The molecule has 0 aromatic carbocycles. The Morgan fingerprint density at radius 3 is 2.50 bits per heavy atom. The van der Waals surface area contributed by atoms with E-state index in [9.17, 15) is 9.59 Å². The standard InChI is InChI=1S/C11H19NO3S/c1-2-7-16-8-10(13)12-5-3-9(4-6-12)11(14)15/h9H,2-8H2,1H3,(H,14,15). The number of nitrogens with zero attached hydrogens (tertiary/aromatic N) is 1. The zero-order valence-electron chi connectivity index (χ0n) is 9.65. The zero-order chi connectivity index (χ0) is 12.0. The van der Waals surface area contributed by atoms with Gasteiger partial charge in [-0.15, -0.1) is 0 Å². The summed E-state index contributed by atoms with van der Waals surface area (Å²) in [7, 11) is 0. The van der Waals surface area contributed by atoms with E-state index in [1.807, 2.05) is 0 Å². The van der Waals surface area contributed by atoms with Crippen LogP contribution in [-0.4, -0.2) is 46.5 Å². The van der Waals surface area contributed by atoms with E-state index in [1.165, 1.54) is 0 Å². The second kappa shape index (κ2) is 6.78. The molecule has 0 radical (unpaired) electrons. The Balaban J connectivity index is 2.25. The van der Waals surface area contributed by atoms with Gasteiger partial charge in [0.1, 0.15) is 0 Å². The van der Waals surface area contributed by atoms with Crippen molar-refractivity contribution < 1.29 is 14.7 Å². The zero-order valence-corrected chi connectivity index (χ0v) is 10.5. The first-order valence-electron chi connectivity index (χ1n) is 5.73. The Kier molecular flexibility index (Phi) is 5.66. The van der Waals surface area contributed by atoms with Crippen LogP contribution < -0.4 is 0 Å². The van der Waals surface area contributed by atoms with E-state index in [-0.39, 0.29) is 11.8 Å². The second-order valence-corrected chi connectivity index (χ2v) is 5.15. The summed E-state index contributed by atoms with van der Waals surface area (Å²) >= 11 is 1.65. The predicted octanol–water partition coefficient (Wildman–Crippen LogP) is 1.45. The lowest BCUT2D eigenvalue weighted by atomic mass is 9.97. The van der Waals surface area contributed by atoms with Gasteiger partial charge >= 0.3 is 5.97 Å². The van der Waals surface area contributed by atoms with E-state index in [2.05, 4.69) is 6.92 Å². The minimum absolute atomic E-state index is 0.155. The molecule has 0 unspecified atom stereocenters. The van der Waals surface area contributed by atoms with Gasteiger partial charge in [0.25, 0.3) is 0 Å². The molecule has 0 aromatic rings. The molecule has 0 saturated carbocycles. The van der Waals surface area contributed by atoms with Crippen LogP contribution in [0, 0.1) is 5.92 Å². The molecule has 1 aliphatic heterocycles. The van der Waals surface area contributed by atoms with E-state index < -0.39 is 5.97 Å². The second-order valence-electron chi connectivity index (χ2n) is 4.05. The molecule has 1 amide bonds. The SMILES string of the molecule is CCCSCC(=O)N1CCC(C(=O)O)CC1. The van der Waals surface area contributed by atoms with Crippen LogP contribution >= 0.6 is 11.8 Å². The Morgan fingerprint density at radius 2 is 2.00 bits per heavy atom. The monoisotopic (exact) mass is 245 g/mol. The third-order valence-corrected chi connectivity index (χ3v) is 3.92. The maximum atomic E-state index is 11.7. The van der Waals surface area contributed by atoms with E-state index in [4.69, 9.17) is 5.11 Å². The fourth-order valence-corrected chi connectivity index (χ4v) is 2.56. The van der Waals surface area contributed by atoms with Crippen molar-refractivity contribution in [2.75, 3.05) is 24.6 Å². The minimum Gasteiger partial charge on any atom is -0.481 e. The molecule has 0 aromatic heterocycles. The number of hydrogen-bond donors (Lipinski definition) is 1. The number of carboxylic acids is 1. The summed E-state index contributed by atoms with van der Waals surface area (Å²) in [5.74, 6) is 0.713. The normalized spacial score (nSPS) is 17.4.